The summed E-state index contributed by atoms with van der Waals surface area (Å²) in [4.78, 5) is 11.1. The van der Waals surface area contributed by atoms with Gasteiger partial charge in [0.2, 0.25) is 0 Å². The van der Waals surface area contributed by atoms with E-state index in [1.165, 1.54) is 0 Å². The molecule has 0 saturated carbocycles. The Morgan fingerprint density at radius 2 is 2.26 bits per heavy atom. The quantitative estimate of drug-likeness (QED) is 0.227. The van der Waals surface area contributed by atoms with Gasteiger partial charge in [0, 0.05) is 58.1 Å². The Hall–Kier alpha value is -1.13. The fourth-order valence-electron chi connectivity index (χ4n) is 2.81. The molecule has 1 aromatic rings. The second-order valence-corrected chi connectivity index (χ2v) is 6.66. The molecule has 0 aliphatic carbocycles. The maximum atomic E-state index is 5.74. The fourth-order valence-corrected chi connectivity index (χ4v) is 2.81. The highest BCUT2D eigenvalue weighted by molar-refractivity contribution is 14.0. The first-order chi connectivity index (χ1) is 12.7. The van der Waals surface area contributed by atoms with Gasteiger partial charge in [0.05, 0.1) is 19.8 Å². The Bertz CT molecular complexity index is 551. The van der Waals surface area contributed by atoms with Crippen molar-refractivity contribution in [3.05, 3.63) is 23.9 Å². The summed E-state index contributed by atoms with van der Waals surface area (Å²) in [5, 5.41) is 6.65. The van der Waals surface area contributed by atoms with E-state index in [1.807, 2.05) is 31.3 Å². The van der Waals surface area contributed by atoms with Gasteiger partial charge in [0.1, 0.15) is 5.82 Å². The first-order valence-corrected chi connectivity index (χ1v) is 9.49. The number of anilines is 1. The van der Waals surface area contributed by atoms with Crippen LogP contribution in [0.2, 0.25) is 0 Å². The number of nitrogens with zero attached hydrogens (tertiary/aromatic N) is 3. The average molecular weight is 491 g/mol. The van der Waals surface area contributed by atoms with E-state index >= 15 is 0 Å². The van der Waals surface area contributed by atoms with Crippen LogP contribution in [0.25, 0.3) is 0 Å². The molecule has 0 spiro atoms. The lowest BCUT2D eigenvalue weighted by Gasteiger charge is -2.16. The largest absolute Gasteiger partial charge is 0.381 e. The van der Waals surface area contributed by atoms with Crippen LogP contribution in [0.5, 0.6) is 0 Å². The summed E-state index contributed by atoms with van der Waals surface area (Å²) in [5.74, 6) is 2.36. The smallest absolute Gasteiger partial charge is 0.191 e. The van der Waals surface area contributed by atoms with Crippen LogP contribution >= 0.6 is 24.0 Å². The lowest BCUT2D eigenvalue weighted by atomic mass is 10.1. The summed E-state index contributed by atoms with van der Waals surface area (Å²) < 4.78 is 11.1. The summed E-state index contributed by atoms with van der Waals surface area (Å²) in [5.41, 5.74) is 1.11. The molecular weight excluding hydrogens is 457 g/mol. The van der Waals surface area contributed by atoms with Crippen molar-refractivity contribution in [3.63, 3.8) is 0 Å². The highest BCUT2D eigenvalue weighted by Crippen LogP contribution is 2.15. The van der Waals surface area contributed by atoms with Crippen LogP contribution in [0.15, 0.2) is 23.3 Å². The normalized spacial score (nSPS) is 16.7. The van der Waals surface area contributed by atoms with E-state index in [9.17, 15) is 0 Å². The van der Waals surface area contributed by atoms with E-state index in [2.05, 4.69) is 33.6 Å². The second kappa shape index (κ2) is 14.0. The number of aliphatic imine (C=N–C) groups is 1. The van der Waals surface area contributed by atoms with Crippen molar-refractivity contribution in [1.82, 2.24) is 15.6 Å². The molecule has 27 heavy (non-hydrogen) atoms. The number of rotatable bonds is 10. The van der Waals surface area contributed by atoms with E-state index in [0.717, 1.165) is 69.7 Å². The van der Waals surface area contributed by atoms with Crippen LogP contribution < -0.4 is 15.5 Å². The standard InChI is InChI=1S/C19H33N5O2.HI/c1-4-20-19(22-10-6-11-25-14-16-8-12-26-15-16)23-13-17-7-5-9-21-18(17)24(2)3;/h5,7,9,16H,4,6,8,10-15H2,1-3H3,(H2,20,22,23);1H. The number of nitrogens with one attached hydrogen (secondary N) is 2. The Kier molecular flexibility index (Phi) is 12.4. The first kappa shape index (κ1) is 23.9. The summed E-state index contributed by atoms with van der Waals surface area (Å²) >= 11 is 0. The van der Waals surface area contributed by atoms with Gasteiger partial charge in [-0.2, -0.15) is 0 Å². The molecule has 154 valence electrons. The molecule has 1 atom stereocenters. The van der Waals surface area contributed by atoms with E-state index in [4.69, 9.17) is 9.47 Å². The number of ether oxygens (including phenoxy) is 2. The van der Waals surface area contributed by atoms with E-state index in [1.54, 1.807) is 0 Å². The molecule has 1 aromatic heterocycles. The van der Waals surface area contributed by atoms with Gasteiger partial charge in [0.15, 0.2) is 5.96 Å². The predicted octanol–water partition coefficient (Wildman–Crippen LogP) is 2.26. The third kappa shape index (κ3) is 9.07. The van der Waals surface area contributed by atoms with Crippen molar-refractivity contribution in [2.45, 2.75) is 26.3 Å². The first-order valence-electron chi connectivity index (χ1n) is 9.49. The number of hydrogen-bond acceptors (Lipinski definition) is 5. The molecule has 8 heteroatoms. The van der Waals surface area contributed by atoms with Crippen molar-refractivity contribution < 1.29 is 9.47 Å². The topological polar surface area (TPSA) is 71.0 Å². The molecule has 1 unspecified atom stereocenters. The number of guanidine groups is 1. The fraction of sp³-hybridized carbons (Fsp3) is 0.684. The van der Waals surface area contributed by atoms with Crippen LogP contribution in [0.1, 0.15) is 25.3 Å². The maximum Gasteiger partial charge on any atom is 0.191 e. The van der Waals surface area contributed by atoms with Crippen LogP contribution in [0.4, 0.5) is 5.82 Å². The number of pyridine rings is 1. The summed E-state index contributed by atoms with van der Waals surface area (Å²) in [6.07, 6.45) is 3.89. The van der Waals surface area contributed by atoms with Crippen LogP contribution in [0, 0.1) is 5.92 Å². The van der Waals surface area contributed by atoms with Gasteiger partial charge in [-0.15, -0.1) is 24.0 Å². The molecule has 2 rings (SSSR count). The summed E-state index contributed by atoms with van der Waals surface area (Å²) in [7, 11) is 3.99. The Labute approximate surface area is 180 Å². The van der Waals surface area contributed by atoms with E-state index < -0.39 is 0 Å². The molecule has 1 aliphatic heterocycles. The van der Waals surface area contributed by atoms with Gasteiger partial charge in [0.25, 0.3) is 0 Å². The molecule has 0 bridgehead atoms. The zero-order valence-electron chi connectivity index (χ0n) is 16.7. The summed E-state index contributed by atoms with van der Waals surface area (Å²) in [6, 6.07) is 4.01. The molecule has 1 saturated heterocycles. The average Bonchev–Trinajstić information content (AvgIpc) is 3.16. The minimum absolute atomic E-state index is 0. The maximum absolute atomic E-state index is 5.74. The minimum Gasteiger partial charge on any atom is -0.381 e. The van der Waals surface area contributed by atoms with Gasteiger partial charge in [-0.25, -0.2) is 9.98 Å². The third-order valence-electron chi connectivity index (χ3n) is 4.18. The van der Waals surface area contributed by atoms with Gasteiger partial charge < -0.3 is 25.0 Å². The second-order valence-electron chi connectivity index (χ2n) is 6.66. The number of halogens is 1. The molecule has 1 aliphatic rings. The molecule has 7 nitrogen and oxygen atoms in total. The van der Waals surface area contributed by atoms with Crippen molar-refractivity contribution in [2.75, 3.05) is 58.5 Å². The Morgan fingerprint density at radius 1 is 1.41 bits per heavy atom. The van der Waals surface area contributed by atoms with Crippen molar-refractivity contribution in [3.8, 4) is 0 Å². The molecular formula is C19H34IN5O2. The molecule has 2 heterocycles. The zero-order valence-corrected chi connectivity index (χ0v) is 19.1. The van der Waals surface area contributed by atoms with Gasteiger partial charge in [-0.3, -0.25) is 0 Å². The van der Waals surface area contributed by atoms with Gasteiger partial charge >= 0.3 is 0 Å². The van der Waals surface area contributed by atoms with Gasteiger partial charge in [-0.05, 0) is 25.8 Å². The van der Waals surface area contributed by atoms with E-state index in [-0.39, 0.29) is 24.0 Å². The zero-order chi connectivity index (χ0) is 18.6. The van der Waals surface area contributed by atoms with Crippen LogP contribution in [-0.4, -0.2) is 64.6 Å². The molecule has 0 radical (unpaired) electrons. The highest BCUT2D eigenvalue weighted by Gasteiger charge is 2.15. The van der Waals surface area contributed by atoms with Gasteiger partial charge in [-0.1, -0.05) is 6.07 Å². The number of hydrogen-bond donors (Lipinski definition) is 2. The third-order valence-corrected chi connectivity index (χ3v) is 4.18. The molecule has 2 N–H and O–H groups in total. The molecule has 1 fully saturated rings. The van der Waals surface area contributed by atoms with Crippen LogP contribution in [0.3, 0.4) is 0 Å². The lowest BCUT2D eigenvalue weighted by molar-refractivity contribution is 0.0888. The Morgan fingerprint density at radius 3 is 2.96 bits per heavy atom. The monoisotopic (exact) mass is 491 g/mol. The number of aromatic nitrogens is 1. The Balaban J connectivity index is 0.00000364. The highest BCUT2D eigenvalue weighted by atomic mass is 127. The lowest BCUT2D eigenvalue weighted by Crippen LogP contribution is -2.38. The van der Waals surface area contributed by atoms with Crippen LogP contribution in [-0.2, 0) is 16.0 Å². The minimum atomic E-state index is 0. The van der Waals surface area contributed by atoms with Crippen molar-refractivity contribution in [2.24, 2.45) is 10.9 Å². The summed E-state index contributed by atoms with van der Waals surface area (Å²) in [6.45, 7) is 7.62. The molecule has 0 aromatic carbocycles. The predicted molar refractivity (Wildman–Crippen MR) is 121 cm³/mol. The van der Waals surface area contributed by atoms with E-state index in [0.29, 0.717) is 12.5 Å². The van der Waals surface area contributed by atoms with Crippen molar-refractivity contribution in [1.29, 1.82) is 0 Å². The SMILES string of the molecule is CCNC(=NCc1cccnc1N(C)C)NCCCOCC1CCOC1.I. The molecule has 0 amide bonds. The van der Waals surface area contributed by atoms with Crippen molar-refractivity contribution >= 4 is 35.8 Å².